The van der Waals surface area contributed by atoms with Crippen LogP contribution in [-0.2, 0) is 9.59 Å². The molecule has 0 aromatic heterocycles. The number of aryl methyl sites for hydroxylation is 1. The van der Waals surface area contributed by atoms with Gasteiger partial charge in [0.15, 0.2) is 6.61 Å². The van der Waals surface area contributed by atoms with E-state index in [-0.39, 0.29) is 30.9 Å². The van der Waals surface area contributed by atoms with Crippen LogP contribution < -0.4 is 25.2 Å². The summed E-state index contributed by atoms with van der Waals surface area (Å²) in [7, 11) is 3.90. The van der Waals surface area contributed by atoms with Gasteiger partial charge in [-0.25, -0.2) is 0 Å². The van der Waals surface area contributed by atoms with Gasteiger partial charge in [0.2, 0.25) is 5.91 Å². The van der Waals surface area contributed by atoms with Crippen LogP contribution in [0, 0.1) is 6.92 Å². The maximum atomic E-state index is 12.8. The first-order valence-corrected chi connectivity index (χ1v) is 10.2. The lowest BCUT2D eigenvalue weighted by atomic mass is 10.1. The van der Waals surface area contributed by atoms with Crippen LogP contribution in [-0.4, -0.2) is 51.5 Å². The highest BCUT2D eigenvalue weighted by molar-refractivity contribution is 6.06. The van der Waals surface area contributed by atoms with E-state index >= 15 is 0 Å². The number of hydrogen-bond donors (Lipinski definition) is 2. The predicted octanol–water partition coefficient (Wildman–Crippen LogP) is 2.56. The molecule has 2 aromatic rings. The molecule has 0 unspecified atom stereocenters. The van der Waals surface area contributed by atoms with Crippen LogP contribution in [0.2, 0.25) is 0 Å². The summed E-state index contributed by atoms with van der Waals surface area (Å²) < 4.78 is 5.48. The van der Waals surface area contributed by atoms with Gasteiger partial charge in [0.25, 0.3) is 11.8 Å². The number of ether oxygens (including phenoxy) is 1. The van der Waals surface area contributed by atoms with Crippen LogP contribution >= 0.6 is 0 Å². The smallest absolute Gasteiger partial charge is 0.265 e. The molecule has 1 aliphatic heterocycles. The summed E-state index contributed by atoms with van der Waals surface area (Å²) in [4.78, 5) is 40.7. The molecule has 2 aromatic carbocycles. The Hall–Kier alpha value is -3.55. The highest BCUT2D eigenvalue weighted by Gasteiger charge is 2.27. The van der Waals surface area contributed by atoms with Crippen LogP contribution in [0.15, 0.2) is 36.4 Å². The molecule has 1 heterocycles. The molecule has 8 nitrogen and oxygen atoms in total. The second kappa shape index (κ2) is 9.51. The van der Waals surface area contributed by atoms with Crippen molar-refractivity contribution in [3.63, 3.8) is 0 Å². The van der Waals surface area contributed by atoms with E-state index < -0.39 is 0 Å². The van der Waals surface area contributed by atoms with Crippen molar-refractivity contribution in [2.75, 3.05) is 48.9 Å². The highest BCUT2D eigenvalue weighted by Crippen LogP contribution is 2.34. The van der Waals surface area contributed by atoms with Crippen molar-refractivity contribution in [2.24, 2.45) is 0 Å². The monoisotopic (exact) mass is 424 g/mol. The maximum absolute atomic E-state index is 12.8. The summed E-state index contributed by atoms with van der Waals surface area (Å²) in [5.74, 6) is -0.317. The normalized spacial score (nSPS) is 12.6. The lowest BCUT2D eigenvalue weighted by Crippen LogP contribution is -2.45. The van der Waals surface area contributed by atoms with Crippen molar-refractivity contribution < 1.29 is 19.1 Å². The van der Waals surface area contributed by atoms with Gasteiger partial charge >= 0.3 is 0 Å². The van der Waals surface area contributed by atoms with Gasteiger partial charge in [0.05, 0.1) is 5.69 Å². The Morgan fingerprint density at radius 2 is 1.94 bits per heavy atom. The lowest BCUT2D eigenvalue weighted by Gasteiger charge is -2.29. The molecule has 0 fully saturated rings. The number of nitrogens with zero attached hydrogens (tertiary/aromatic N) is 2. The summed E-state index contributed by atoms with van der Waals surface area (Å²) >= 11 is 0. The maximum Gasteiger partial charge on any atom is 0.265 e. The number of amides is 3. The predicted molar refractivity (Wildman–Crippen MR) is 121 cm³/mol. The largest absolute Gasteiger partial charge is 0.482 e. The van der Waals surface area contributed by atoms with Crippen LogP contribution in [0.5, 0.6) is 5.75 Å². The minimum Gasteiger partial charge on any atom is -0.482 e. The van der Waals surface area contributed by atoms with Crippen molar-refractivity contribution in [1.82, 2.24) is 5.32 Å². The first kappa shape index (κ1) is 22.1. The van der Waals surface area contributed by atoms with Crippen molar-refractivity contribution in [1.29, 1.82) is 0 Å². The summed E-state index contributed by atoms with van der Waals surface area (Å²) in [6, 6.07) is 10.6. The zero-order valence-corrected chi connectivity index (χ0v) is 18.3. The molecule has 31 heavy (non-hydrogen) atoms. The van der Waals surface area contributed by atoms with E-state index in [1.165, 1.54) is 4.90 Å². The molecular weight excluding hydrogens is 396 g/mol. The number of anilines is 3. The highest BCUT2D eigenvalue weighted by atomic mass is 16.5. The molecule has 0 aliphatic carbocycles. The second-order valence-electron chi connectivity index (χ2n) is 7.65. The van der Waals surface area contributed by atoms with Gasteiger partial charge < -0.3 is 20.3 Å². The number of fused-ring (bicyclic) bond motifs is 1. The molecule has 1 aliphatic rings. The van der Waals surface area contributed by atoms with E-state index in [4.69, 9.17) is 4.74 Å². The molecular formula is C23H28N4O4. The van der Waals surface area contributed by atoms with Gasteiger partial charge in [-0.2, -0.15) is 0 Å². The summed E-state index contributed by atoms with van der Waals surface area (Å²) in [5, 5.41) is 5.63. The first-order valence-electron chi connectivity index (χ1n) is 10.2. The molecule has 8 heteroatoms. The van der Waals surface area contributed by atoms with Crippen molar-refractivity contribution in [3.8, 4) is 5.75 Å². The van der Waals surface area contributed by atoms with E-state index in [0.29, 0.717) is 29.2 Å². The summed E-state index contributed by atoms with van der Waals surface area (Å²) in [5.41, 5.74) is 3.53. The first-order chi connectivity index (χ1) is 14.8. The number of nitrogens with one attached hydrogen (secondary N) is 2. The third-order valence-corrected chi connectivity index (χ3v) is 4.97. The molecule has 0 saturated heterocycles. The Kier molecular flexibility index (Phi) is 6.79. The minimum atomic E-state index is -0.308. The fourth-order valence-electron chi connectivity index (χ4n) is 3.42. The molecule has 0 spiro atoms. The van der Waals surface area contributed by atoms with Crippen LogP contribution in [0.4, 0.5) is 17.1 Å². The zero-order valence-electron chi connectivity index (χ0n) is 18.3. The molecule has 3 amide bonds. The van der Waals surface area contributed by atoms with Gasteiger partial charge in [-0.1, -0.05) is 6.92 Å². The average molecular weight is 425 g/mol. The molecule has 0 atom stereocenters. The fraction of sp³-hybridized carbons (Fsp3) is 0.348. The third-order valence-electron chi connectivity index (χ3n) is 4.97. The molecule has 164 valence electrons. The van der Waals surface area contributed by atoms with E-state index in [2.05, 4.69) is 10.6 Å². The van der Waals surface area contributed by atoms with Gasteiger partial charge in [0, 0.05) is 37.6 Å². The van der Waals surface area contributed by atoms with E-state index in [1.807, 2.05) is 45.0 Å². The van der Waals surface area contributed by atoms with E-state index in [9.17, 15) is 14.4 Å². The standard InChI is InChI=1S/C23H28N4O4/c1-5-10-24-21(28)13-27-19-12-17(7-9-20(19)31-14-22(27)29)25-23(30)16-6-8-18(26(3)4)15(2)11-16/h6-9,11-12H,5,10,13-14H2,1-4H3,(H,24,28)(H,25,30). The molecule has 2 N–H and O–H groups in total. The summed E-state index contributed by atoms with van der Waals surface area (Å²) in [6.07, 6.45) is 0.810. The van der Waals surface area contributed by atoms with Crippen molar-refractivity contribution in [3.05, 3.63) is 47.5 Å². The quantitative estimate of drug-likeness (QED) is 0.713. The Balaban J connectivity index is 1.80. The Morgan fingerprint density at radius 1 is 1.16 bits per heavy atom. The number of carbonyl (C=O) groups excluding carboxylic acids is 3. The zero-order chi connectivity index (χ0) is 22.5. The lowest BCUT2D eigenvalue weighted by molar-refractivity contribution is -0.125. The Bertz CT molecular complexity index is 1000. The Labute approximate surface area is 182 Å². The third kappa shape index (κ3) is 5.14. The molecule has 0 radical (unpaired) electrons. The van der Waals surface area contributed by atoms with Crippen molar-refractivity contribution in [2.45, 2.75) is 20.3 Å². The van der Waals surface area contributed by atoms with Crippen LogP contribution in [0.1, 0.15) is 29.3 Å². The SMILES string of the molecule is CCCNC(=O)CN1C(=O)COc2ccc(NC(=O)c3ccc(N(C)C)c(C)c3)cc21. The fourth-order valence-corrected chi connectivity index (χ4v) is 3.42. The van der Waals surface area contributed by atoms with Gasteiger partial charge in [-0.3, -0.25) is 19.3 Å². The van der Waals surface area contributed by atoms with E-state index in [1.54, 1.807) is 24.3 Å². The van der Waals surface area contributed by atoms with Gasteiger partial charge in [-0.15, -0.1) is 0 Å². The average Bonchev–Trinajstić information content (AvgIpc) is 2.74. The minimum absolute atomic E-state index is 0.0994. The number of hydrogen-bond acceptors (Lipinski definition) is 5. The second-order valence-corrected chi connectivity index (χ2v) is 7.65. The summed E-state index contributed by atoms with van der Waals surface area (Å²) in [6.45, 7) is 4.23. The van der Waals surface area contributed by atoms with Crippen LogP contribution in [0.25, 0.3) is 0 Å². The van der Waals surface area contributed by atoms with Gasteiger partial charge in [0.1, 0.15) is 12.3 Å². The van der Waals surface area contributed by atoms with E-state index in [0.717, 1.165) is 17.7 Å². The number of benzene rings is 2. The van der Waals surface area contributed by atoms with Crippen molar-refractivity contribution >= 4 is 34.8 Å². The number of rotatable bonds is 7. The van der Waals surface area contributed by atoms with Crippen LogP contribution in [0.3, 0.4) is 0 Å². The Morgan fingerprint density at radius 3 is 2.61 bits per heavy atom. The number of carbonyl (C=O) groups is 3. The molecule has 0 bridgehead atoms. The van der Waals surface area contributed by atoms with Gasteiger partial charge in [-0.05, 0) is 55.3 Å². The topological polar surface area (TPSA) is 91.0 Å². The molecule has 3 rings (SSSR count). The molecule has 0 saturated carbocycles.